The van der Waals surface area contributed by atoms with Crippen LogP contribution >= 0.6 is 11.6 Å². The molecule has 1 aromatic carbocycles. The molecule has 1 rings (SSSR count). The van der Waals surface area contributed by atoms with E-state index >= 15 is 0 Å². The van der Waals surface area contributed by atoms with E-state index in [1.54, 1.807) is 30.2 Å². The number of carbonyl (C=O) groups is 1. The van der Waals surface area contributed by atoms with Crippen molar-refractivity contribution in [2.75, 3.05) is 26.7 Å². The average Bonchev–Trinajstić information content (AvgIpc) is 2.35. The van der Waals surface area contributed by atoms with Crippen LogP contribution in [0.5, 0.6) is 5.75 Å². The number of nitrogens with zero attached hydrogens (tertiary/aromatic N) is 1. The van der Waals surface area contributed by atoms with Crippen LogP contribution in [0.15, 0.2) is 36.9 Å². The summed E-state index contributed by atoms with van der Waals surface area (Å²) in [6, 6.07) is 7.01. The number of nitrogens with one attached hydrogen (secondary N) is 1. The van der Waals surface area contributed by atoms with Crippen LogP contribution in [0.4, 0.5) is 4.79 Å². The van der Waals surface area contributed by atoms with Gasteiger partial charge in [0.2, 0.25) is 0 Å². The van der Waals surface area contributed by atoms with E-state index in [-0.39, 0.29) is 6.03 Å². The van der Waals surface area contributed by atoms with E-state index in [2.05, 4.69) is 11.9 Å². The zero-order chi connectivity index (χ0) is 13.4. The van der Waals surface area contributed by atoms with Gasteiger partial charge >= 0.3 is 6.03 Å². The van der Waals surface area contributed by atoms with Gasteiger partial charge in [0.25, 0.3) is 0 Å². The van der Waals surface area contributed by atoms with Crippen molar-refractivity contribution in [1.82, 2.24) is 10.2 Å². The van der Waals surface area contributed by atoms with Crippen LogP contribution in [0.2, 0.25) is 5.02 Å². The van der Waals surface area contributed by atoms with Crippen molar-refractivity contribution in [3.63, 3.8) is 0 Å². The van der Waals surface area contributed by atoms with Gasteiger partial charge in [-0.05, 0) is 18.2 Å². The third kappa shape index (κ3) is 5.10. The fraction of sp³-hybridized carbons (Fsp3) is 0.308. The maximum atomic E-state index is 11.5. The summed E-state index contributed by atoms with van der Waals surface area (Å²) in [5, 5.41) is 3.31. The molecular weight excluding hydrogens is 252 g/mol. The summed E-state index contributed by atoms with van der Waals surface area (Å²) in [7, 11) is 1.71. The molecule has 0 aromatic heterocycles. The highest BCUT2D eigenvalue weighted by Gasteiger charge is 2.06. The van der Waals surface area contributed by atoms with Gasteiger partial charge in [0, 0.05) is 18.6 Å². The number of halogens is 1. The number of hydrogen-bond acceptors (Lipinski definition) is 2. The minimum Gasteiger partial charge on any atom is -0.492 e. The molecule has 4 nitrogen and oxygen atoms in total. The Bertz CT molecular complexity index is 410. The molecule has 0 spiro atoms. The first-order chi connectivity index (χ1) is 8.63. The number of hydrogen-bond donors (Lipinski definition) is 1. The normalized spacial score (nSPS) is 9.67. The molecule has 0 heterocycles. The average molecular weight is 269 g/mol. The van der Waals surface area contributed by atoms with Gasteiger partial charge in [-0.3, -0.25) is 0 Å². The van der Waals surface area contributed by atoms with E-state index in [0.717, 1.165) is 0 Å². The monoisotopic (exact) mass is 268 g/mol. The van der Waals surface area contributed by atoms with Gasteiger partial charge in [-0.1, -0.05) is 23.7 Å². The van der Waals surface area contributed by atoms with Gasteiger partial charge in [0.1, 0.15) is 12.4 Å². The first-order valence-corrected chi connectivity index (χ1v) is 5.99. The van der Waals surface area contributed by atoms with Gasteiger partial charge in [0.15, 0.2) is 0 Å². The Balaban J connectivity index is 2.28. The van der Waals surface area contributed by atoms with Crippen LogP contribution in [-0.4, -0.2) is 37.7 Å². The topological polar surface area (TPSA) is 41.6 Å². The molecule has 0 aliphatic heterocycles. The lowest BCUT2D eigenvalue weighted by atomic mass is 10.3. The zero-order valence-electron chi connectivity index (χ0n) is 10.4. The van der Waals surface area contributed by atoms with Crippen LogP contribution in [0.25, 0.3) is 0 Å². The third-order valence-electron chi connectivity index (χ3n) is 2.24. The molecule has 0 unspecified atom stereocenters. The minimum absolute atomic E-state index is 0.149. The van der Waals surface area contributed by atoms with Crippen LogP contribution < -0.4 is 10.1 Å². The first kappa shape index (κ1) is 14.4. The Morgan fingerprint density at radius 1 is 1.61 bits per heavy atom. The lowest BCUT2D eigenvalue weighted by Gasteiger charge is -2.17. The number of rotatable bonds is 6. The summed E-state index contributed by atoms with van der Waals surface area (Å²) in [5.74, 6) is 0.697. The highest BCUT2D eigenvalue weighted by Crippen LogP contribution is 2.16. The molecule has 0 radical (unpaired) electrons. The second-order valence-electron chi connectivity index (χ2n) is 3.70. The molecule has 0 aliphatic rings. The fourth-order valence-corrected chi connectivity index (χ4v) is 1.43. The Morgan fingerprint density at radius 2 is 2.39 bits per heavy atom. The van der Waals surface area contributed by atoms with E-state index < -0.39 is 0 Å². The van der Waals surface area contributed by atoms with Crippen molar-refractivity contribution < 1.29 is 9.53 Å². The molecule has 0 saturated carbocycles. The van der Waals surface area contributed by atoms with E-state index in [9.17, 15) is 4.79 Å². The van der Waals surface area contributed by atoms with E-state index in [4.69, 9.17) is 16.3 Å². The van der Waals surface area contributed by atoms with Crippen LogP contribution in [-0.2, 0) is 0 Å². The van der Waals surface area contributed by atoms with Gasteiger partial charge in [0.05, 0.1) is 6.54 Å². The molecule has 0 fully saturated rings. The van der Waals surface area contributed by atoms with E-state index in [1.165, 1.54) is 0 Å². The second-order valence-corrected chi connectivity index (χ2v) is 4.14. The molecule has 1 aromatic rings. The molecule has 2 amide bonds. The van der Waals surface area contributed by atoms with Gasteiger partial charge < -0.3 is 15.0 Å². The smallest absolute Gasteiger partial charge is 0.317 e. The summed E-state index contributed by atoms with van der Waals surface area (Å²) in [5.41, 5.74) is 0. The number of benzene rings is 1. The third-order valence-corrected chi connectivity index (χ3v) is 2.47. The highest BCUT2D eigenvalue weighted by molar-refractivity contribution is 6.30. The van der Waals surface area contributed by atoms with Crippen LogP contribution in [0, 0.1) is 0 Å². The molecule has 0 aliphatic carbocycles. The number of amides is 2. The molecule has 0 atom stereocenters. The summed E-state index contributed by atoms with van der Waals surface area (Å²) in [6.45, 7) is 4.90. The first-order valence-electron chi connectivity index (χ1n) is 5.61. The number of urea groups is 1. The lowest BCUT2D eigenvalue weighted by Crippen LogP contribution is -2.39. The maximum absolute atomic E-state index is 11.5. The Hall–Kier alpha value is -1.68. The van der Waals surface area contributed by atoms with E-state index in [1.807, 2.05) is 12.1 Å². The largest absolute Gasteiger partial charge is 0.492 e. The van der Waals surface area contributed by atoms with Crippen molar-refractivity contribution in [2.45, 2.75) is 0 Å². The van der Waals surface area contributed by atoms with Crippen LogP contribution in [0.1, 0.15) is 0 Å². The highest BCUT2D eigenvalue weighted by atomic mass is 35.5. The summed E-state index contributed by atoms with van der Waals surface area (Å²) >= 11 is 5.83. The van der Waals surface area contributed by atoms with Gasteiger partial charge in [-0.15, -0.1) is 6.58 Å². The van der Waals surface area contributed by atoms with Crippen LogP contribution in [0.3, 0.4) is 0 Å². The lowest BCUT2D eigenvalue weighted by molar-refractivity contribution is 0.196. The van der Waals surface area contributed by atoms with Crippen molar-refractivity contribution >= 4 is 17.6 Å². The van der Waals surface area contributed by atoms with Crippen molar-refractivity contribution in [3.8, 4) is 5.75 Å². The Kier molecular flexibility index (Phi) is 6.08. The van der Waals surface area contributed by atoms with Gasteiger partial charge in [-0.25, -0.2) is 4.79 Å². The summed E-state index contributed by atoms with van der Waals surface area (Å²) in [6.07, 6.45) is 1.63. The predicted molar refractivity (Wildman–Crippen MR) is 73.2 cm³/mol. The van der Waals surface area contributed by atoms with Gasteiger partial charge in [-0.2, -0.15) is 0 Å². The number of likely N-dealkylation sites (N-methyl/N-ethyl adjacent to an activating group) is 1. The van der Waals surface area contributed by atoms with Crippen molar-refractivity contribution in [3.05, 3.63) is 41.9 Å². The molecule has 98 valence electrons. The quantitative estimate of drug-likeness (QED) is 0.806. The number of carbonyl (C=O) groups excluding carboxylic acids is 1. The molecule has 5 heteroatoms. The fourth-order valence-electron chi connectivity index (χ4n) is 1.25. The van der Waals surface area contributed by atoms with E-state index in [0.29, 0.717) is 30.5 Å². The standard InChI is InChI=1S/C13H17ClN2O2/c1-3-7-15-13(17)16(2)8-9-18-12-6-4-5-11(14)10-12/h3-6,10H,1,7-9H2,2H3,(H,15,17). The molecule has 0 saturated heterocycles. The molecule has 18 heavy (non-hydrogen) atoms. The maximum Gasteiger partial charge on any atom is 0.317 e. The molecular formula is C13H17ClN2O2. The molecule has 1 N–H and O–H groups in total. The minimum atomic E-state index is -0.149. The Morgan fingerprint density at radius 3 is 3.06 bits per heavy atom. The zero-order valence-corrected chi connectivity index (χ0v) is 11.1. The number of ether oxygens (including phenoxy) is 1. The predicted octanol–water partition coefficient (Wildman–Crippen LogP) is 2.55. The van der Waals surface area contributed by atoms with Crippen molar-refractivity contribution in [2.24, 2.45) is 0 Å². The second kappa shape index (κ2) is 7.61. The summed E-state index contributed by atoms with van der Waals surface area (Å²) in [4.78, 5) is 13.0. The van der Waals surface area contributed by atoms with Crippen molar-refractivity contribution in [1.29, 1.82) is 0 Å². The summed E-state index contributed by atoms with van der Waals surface area (Å²) < 4.78 is 5.49. The molecule has 0 bridgehead atoms. The Labute approximate surface area is 112 Å². The SMILES string of the molecule is C=CCNC(=O)N(C)CCOc1cccc(Cl)c1.